The Balaban J connectivity index is 1.87. The van der Waals surface area contributed by atoms with Crippen molar-refractivity contribution >= 4 is 0 Å². The van der Waals surface area contributed by atoms with Crippen LogP contribution in [-0.4, -0.2) is 36.0 Å². The zero-order chi connectivity index (χ0) is 5.98. The van der Waals surface area contributed by atoms with Gasteiger partial charge in [-0.25, -0.2) is 0 Å². The third-order valence-corrected chi connectivity index (χ3v) is 0.834. The van der Waals surface area contributed by atoms with E-state index in [-0.39, 0.29) is 12.7 Å². The number of rotatable bonds is 3. The number of ether oxygens (including phenoxy) is 2. The van der Waals surface area contributed by atoms with Gasteiger partial charge in [-0.1, -0.05) is 0 Å². The Labute approximate surface area is 46.6 Å². The lowest BCUT2D eigenvalue weighted by Crippen LogP contribution is -2.13. The normalized spacial score (nSPS) is 26.6. The molecule has 4 nitrogen and oxygen atoms in total. The summed E-state index contributed by atoms with van der Waals surface area (Å²) in [5, 5.41) is 16.2. The predicted octanol–water partition coefficient (Wildman–Crippen LogP) is -1.33. The molecule has 0 aromatic heterocycles. The second-order valence-electron chi connectivity index (χ2n) is 1.61. The molecule has 1 fully saturated rings. The fraction of sp³-hybridized carbons (Fsp3) is 1.00. The first-order valence-electron chi connectivity index (χ1n) is 2.38. The van der Waals surface area contributed by atoms with Crippen LogP contribution in [0.5, 0.6) is 0 Å². The number of epoxide rings is 1. The molecule has 0 radical (unpaired) electrons. The smallest absolute Gasteiger partial charge is 0.266 e. The van der Waals surface area contributed by atoms with Crippen molar-refractivity contribution in [3.05, 3.63) is 0 Å². The van der Waals surface area contributed by atoms with Crippen LogP contribution in [0.3, 0.4) is 0 Å². The highest BCUT2D eigenvalue weighted by atomic mass is 16.7. The van der Waals surface area contributed by atoms with Crippen LogP contribution in [-0.2, 0) is 9.47 Å². The molecule has 1 aliphatic rings. The molecule has 0 aliphatic carbocycles. The Morgan fingerprint density at radius 1 is 1.75 bits per heavy atom. The zero-order valence-corrected chi connectivity index (χ0v) is 4.28. The van der Waals surface area contributed by atoms with Gasteiger partial charge in [0.05, 0.1) is 13.2 Å². The summed E-state index contributed by atoms with van der Waals surface area (Å²) in [6, 6.07) is 0. The van der Waals surface area contributed by atoms with Gasteiger partial charge < -0.3 is 19.7 Å². The van der Waals surface area contributed by atoms with Crippen molar-refractivity contribution < 1.29 is 19.7 Å². The van der Waals surface area contributed by atoms with Crippen molar-refractivity contribution in [3.8, 4) is 0 Å². The third-order valence-electron chi connectivity index (χ3n) is 0.834. The van der Waals surface area contributed by atoms with Crippen LogP contribution >= 0.6 is 0 Å². The summed E-state index contributed by atoms with van der Waals surface area (Å²) < 4.78 is 9.06. The zero-order valence-electron chi connectivity index (χ0n) is 4.28. The van der Waals surface area contributed by atoms with E-state index in [1.54, 1.807) is 0 Å². The Morgan fingerprint density at radius 3 is 2.75 bits per heavy atom. The topological polar surface area (TPSA) is 62.2 Å². The Bertz CT molecular complexity index is 66.4. The van der Waals surface area contributed by atoms with Crippen molar-refractivity contribution in [1.29, 1.82) is 0 Å². The Hall–Kier alpha value is -0.160. The molecular weight excluding hydrogens is 112 g/mol. The molecule has 0 spiro atoms. The van der Waals surface area contributed by atoms with Gasteiger partial charge in [0.2, 0.25) is 0 Å². The van der Waals surface area contributed by atoms with Gasteiger partial charge in [0.1, 0.15) is 6.10 Å². The van der Waals surface area contributed by atoms with Gasteiger partial charge in [0.15, 0.2) is 0 Å². The van der Waals surface area contributed by atoms with Crippen molar-refractivity contribution in [1.82, 2.24) is 0 Å². The van der Waals surface area contributed by atoms with E-state index in [1.807, 2.05) is 0 Å². The molecule has 1 unspecified atom stereocenters. The van der Waals surface area contributed by atoms with Gasteiger partial charge >= 0.3 is 0 Å². The van der Waals surface area contributed by atoms with Crippen molar-refractivity contribution in [3.63, 3.8) is 0 Å². The molecule has 48 valence electrons. The highest BCUT2D eigenvalue weighted by Crippen LogP contribution is 2.08. The van der Waals surface area contributed by atoms with Gasteiger partial charge in [-0.2, -0.15) is 0 Å². The molecule has 1 aliphatic heterocycles. The highest BCUT2D eigenvalue weighted by molar-refractivity contribution is 4.66. The molecule has 0 amide bonds. The van der Waals surface area contributed by atoms with E-state index in [4.69, 9.17) is 14.9 Å². The molecule has 1 rings (SSSR count). The van der Waals surface area contributed by atoms with E-state index < -0.39 is 6.48 Å². The summed E-state index contributed by atoms with van der Waals surface area (Å²) in [6.45, 7) is -0.705. The minimum Gasteiger partial charge on any atom is -0.371 e. The summed E-state index contributed by atoms with van der Waals surface area (Å²) >= 11 is 0. The standard InChI is InChI=1S/C4H8O4/c5-4(6)8-2-3-1-7-3/h3-6H,1-2H2. The molecule has 0 bridgehead atoms. The van der Waals surface area contributed by atoms with E-state index in [1.165, 1.54) is 0 Å². The Morgan fingerprint density at radius 2 is 2.38 bits per heavy atom. The summed E-state index contributed by atoms with van der Waals surface area (Å²) in [5.74, 6) is 0. The minimum absolute atomic E-state index is 0.0943. The average molecular weight is 120 g/mol. The van der Waals surface area contributed by atoms with Crippen LogP contribution in [0, 0.1) is 0 Å². The lowest BCUT2D eigenvalue weighted by atomic mass is 10.5. The molecule has 0 aromatic carbocycles. The van der Waals surface area contributed by atoms with Crippen LogP contribution < -0.4 is 0 Å². The van der Waals surface area contributed by atoms with Crippen molar-refractivity contribution in [2.24, 2.45) is 0 Å². The molecule has 1 heterocycles. The highest BCUT2D eigenvalue weighted by Gasteiger charge is 2.23. The second kappa shape index (κ2) is 2.41. The van der Waals surface area contributed by atoms with Gasteiger partial charge in [-0.15, -0.1) is 0 Å². The lowest BCUT2D eigenvalue weighted by Gasteiger charge is -2.00. The SMILES string of the molecule is OC(O)OCC1CO1. The Kier molecular flexibility index (Phi) is 1.80. The van der Waals surface area contributed by atoms with Crippen LogP contribution in [0.4, 0.5) is 0 Å². The number of hydrogen-bond acceptors (Lipinski definition) is 4. The number of hydrogen-bond donors (Lipinski definition) is 2. The van der Waals surface area contributed by atoms with Crippen LogP contribution in [0.1, 0.15) is 0 Å². The fourth-order valence-corrected chi connectivity index (χ4v) is 0.358. The third kappa shape index (κ3) is 2.23. The van der Waals surface area contributed by atoms with Crippen LogP contribution in [0.25, 0.3) is 0 Å². The summed E-state index contributed by atoms with van der Waals surface area (Å²) in [6.07, 6.45) is 0.0943. The molecule has 2 N–H and O–H groups in total. The van der Waals surface area contributed by atoms with Gasteiger partial charge in [0, 0.05) is 0 Å². The maximum absolute atomic E-state index is 8.11. The molecule has 8 heavy (non-hydrogen) atoms. The molecule has 1 saturated heterocycles. The summed E-state index contributed by atoms with van der Waals surface area (Å²) in [5.41, 5.74) is 0. The maximum atomic E-state index is 8.11. The van der Waals surface area contributed by atoms with Gasteiger partial charge in [0.25, 0.3) is 6.48 Å². The van der Waals surface area contributed by atoms with E-state index in [0.29, 0.717) is 6.61 Å². The fourth-order valence-electron chi connectivity index (χ4n) is 0.358. The van der Waals surface area contributed by atoms with Crippen LogP contribution in [0.2, 0.25) is 0 Å². The second-order valence-corrected chi connectivity index (χ2v) is 1.61. The first-order valence-corrected chi connectivity index (χ1v) is 2.38. The largest absolute Gasteiger partial charge is 0.371 e. The van der Waals surface area contributed by atoms with Crippen molar-refractivity contribution in [2.75, 3.05) is 13.2 Å². The van der Waals surface area contributed by atoms with Gasteiger partial charge in [-0.3, -0.25) is 0 Å². The number of aliphatic hydroxyl groups is 2. The average Bonchev–Trinajstić information content (AvgIpc) is 2.41. The number of aliphatic hydroxyl groups excluding tert-OH is 1. The van der Waals surface area contributed by atoms with E-state index in [9.17, 15) is 0 Å². The van der Waals surface area contributed by atoms with E-state index in [0.717, 1.165) is 0 Å². The molecule has 0 aromatic rings. The van der Waals surface area contributed by atoms with Gasteiger partial charge in [-0.05, 0) is 0 Å². The predicted molar refractivity (Wildman–Crippen MR) is 23.9 cm³/mol. The summed E-state index contributed by atoms with van der Waals surface area (Å²) in [4.78, 5) is 0. The minimum atomic E-state index is -1.65. The monoisotopic (exact) mass is 120 g/mol. The maximum Gasteiger partial charge on any atom is 0.266 e. The molecular formula is C4H8O4. The first kappa shape index (κ1) is 5.97. The van der Waals surface area contributed by atoms with E-state index >= 15 is 0 Å². The van der Waals surface area contributed by atoms with E-state index in [2.05, 4.69) is 4.74 Å². The quantitative estimate of drug-likeness (QED) is 0.358. The molecule has 4 heteroatoms. The summed E-state index contributed by atoms with van der Waals surface area (Å²) in [7, 11) is 0. The molecule has 1 atom stereocenters. The molecule has 0 saturated carbocycles. The van der Waals surface area contributed by atoms with Crippen LogP contribution in [0.15, 0.2) is 0 Å². The van der Waals surface area contributed by atoms with Crippen molar-refractivity contribution in [2.45, 2.75) is 12.6 Å². The first-order chi connectivity index (χ1) is 3.79. The lowest BCUT2D eigenvalue weighted by molar-refractivity contribution is -0.235.